The largest absolute Gasteiger partial charge is 0.465 e. The van der Waals surface area contributed by atoms with Gasteiger partial charge in [0.15, 0.2) is 5.17 Å². The standard InChI is InChI=1S/C8H7ClN2O3/c1-14-8(12)5-2-3-10-6(4-5)7(9)11-13/h2-4,13H,1H3. The van der Waals surface area contributed by atoms with E-state index in [2.05, 4.69) is 14.9 Å². The van der Waals surface area contributed by atoms with Crippen LogP contribution < -0.4 is 0 Å². The van der Waals surface area contributed by atoms with Crippen LogP contribution in [0.3, 0.4) is 0 Å². The summed E-state index contributed by atoms with van der Waals surface area (Å²) in [7, 11) is 1.27. The zero-order valence-corrected chi connectivity index (χ0v) is 8.02. The fraction of sp³-hybridized carbons (Fsp3) is 0.125. The van der Waals surface area contributed by atoms with Gasteiger partial charge < -0.3 is 9.94 Å². The average molecular weight is 215 g/mol. The molecule has 0 saturated heterocycles. The molecule has 1 aromatic rings. The number of carbonyl (C=O) groups is 1. The number of halogens is 1. The minimum Gasteiger partial charge on any atom is -0.465 e. The number of rotatable bonds is 2. The van der Waals surface area contributed by atoms with Crippen molar-refractivity contribution in [3.63, 3.8) is 0 Å². The second kappa shape index (κ2) is 4.57. The molecule has 1 heterocycles. The van der Waals surface area contributed by atoms with Crippen molar-refractivity contribution in [1.82, 2.24) is 4.98 Å². The van der Waals surface area contributed by atoms with Crippen LogP contribution in [0, 0.1) is 0 Å². The molecule has 1 N–H and O–H groups in total. The van der Waals surface area contributed by atoms with Gasteiger partial charge in [-0.15, -0.1) is 0 Å². The maximum Gasteiger partial charge on any atom is 0.337 e. The number of hydrogen-bond acceptors (Lipinski definition) is 5. The highest BCUT2D eigenvalue weighted by molar-refractivity contribution is 6.69. The van der Waals surface area contributed by atoms with Gasteiger partial charge in [0.25, 0.3) is 0 Å². The minimum absolute atomic E-state index is 0.184. The fourth-order valence-corrected chi connectivity index (χ4v) is 0.943. The van der Waals surface area contributed by atoms with Crippen LogP contribution in [-0.4, -0.2) is 28.4 Å². The highest BCUT2D eigenvalue weighted by Crippen LogP contribution is 2.06. The molecular formula is C8H7ClN2O3. The highest BCUT2D eigenvalue weighted by Gasteiger charge is 2.08. The molecule has 0 aliphatic carbocycles. The number of hydrogen-bond donors (Lipinski definition) is 1. The Morgan fingerprint density at radius 2 is 2.43 bits per heavy atom. The maximum atomic E-state index is 11.1. The first-order valence-electron chi connectivity index (χ1n) is 3.61. The third-order valence-electron chi connectivity index (χ3n) is 1.48. The molecule has 0 bridgehead atoms. The monoisotopic (exact) mass is 214 g/mol. The summed E-state index contributed by atoms with van der Waals surface area (Å²) in [5.74, 6) is -0.504. The van der Waals surface area contributed by atoms with E-state index in [0.29, 0.717) is 5.56 Å². The smallest absolute Gasteiger partial charge is 0.337 e. The SMILES string of the molecule is COC(=O)c1ccnc(C(Cl)=NO)c1. The van der Waals surface area contributed by atoms with Gasteiger partial charge in [-0.25, -0.2) is 4.79 Å². The molecule has 0 radical (unpaired) electrons. The fourth-order valence-electron chi connectivity index (χ4n) is 0.839. The van der Waals surface area contributed by atoms with Crippen molar-refractivity contribution >= 4 is 22.7 Å². The van der Waals surface area contributed by atoms with E-state index in [1.807, 2.05) is 0 Å². The van der Waals surface area contributed by atoms with Gasteiger partial charge >= 0.3 is 5.97 Å². The van der Waals surface area contributed by atoms with Gasteiger partial charge in [-0.2, -0.15) is 0 Å². The number of carbonyl (C=O) groups excluding carboxylic acids is 1. The molecule has 14 heavy (non-hydrogen) atoms. The molecular weight excluding hydrogens is 208 g/mol. The lowest BCUT2D eigenvalue weighted by Gasteiger charge is -2.00. The lowest BCUT2D eigenvalue weighted by molar-refractivity contribution is 0.0600. The first kappa shape index (κ1) is 10.5. The van der Waals surface area contributed by atoms with Crippen molar-refractivity contribution in [2.45, 2.75) is 0 Å². The van der Waals surface area contributed by atoms with E-state index < -0.39 is 5.97 Å². The summed E-state index contributed by atoms with van der Waals surface area (Å²) in [6.45, 7) is 0. The molecule has 0 saturated carbocycles. The number of ether oxygens (including phenoxy) is 1. The first-order valence-corrected chi connectivity index (χ1v) is 3.99. The molecule has 0 unspecified atom stereocenters. The highest BCUT2D eigenvalue weighted by atomic mass is 35.5. The van der Waals surface area contributed by atoms with Crippen LogP contribution in [0.1, 0.15) is 16.1 Å². The van der Waals surface area contributed by atoms with Gasteiger partial charge in [0, 0.05) is 6.20 Å². The van der Waals surface area contributed by atoms with Gasteiger partial charge in [0.1, 0.15) is 5.69 Å². The molecule has 1 rings (SSSR count). The second-order valence-corrected chi connectivity index (χ2v) is 2.67. The number of methoxy groups -OCH3 is 1. The van der Waals surface area contributed by atoms with Crippen molar-refractivity contribution in [3.05, 3.63) is 29.6 Å². The van der Waals surface area contributed by atoms with E-state index in [1.165, 1.54) is 25.4 Å². The zero-order chi connectivity index (χ0) is 10.6. The Bertz CT molecular complexity index is 379. The summed E-state index contributed by atoms with van der Waals surface area (Å²) in [5, 5.41) is 10.9. The third-order valence-corrected chi connectivity index (χ3v) is 1.75. The Morgan fingerprint density at radius 1 is 1.71 bits per heavy atom. The van der Waals surface area contributed by atoms with E-state index in [0.717, 1.165) is 0 Å². The van der Waals surface area contributed by atoms with Crippen LogP contribution in [0.2, 0.25) is 0 Å². The number of nitrogens with zero attached hydrogens (tertiary/aromatic N) is 2. The van der Waals surface area contributed by atoms with Crippen molar-refractivity contribution in [2.24, 2.45) is 5.16 Å². The molecule has 1 aromatic heterocycles. The maximum absolute atomic E-state index is 11.1. The summed E-state index contributed by atoms with van der Waals surface area (Å²) >= 11 is 5.50. The summed E-state index contributed by atoms with van der Waals surface area (Å²) < 4.78 is 4.49. The molecule has 74 valence electrons. The predicted molar refractivity (Wildman–Crippen MR) is 49.8 cm³/mol. The van der Waals surface area contributed by atoms with Crippen molar-refractivity contribution < 1.29 is 14.7 Å². The van der Waals surface area contributed by atoms with Gasteiger partial charge in [0.05, 0.1) is 12.7 Å². The Kier molecular flexibility index (Phi) is 3.41. The van der Waals surface area contributed by atoms with E-state index in [4.69, 9.17) is 16.8 Å². The lowest BCUT2D eigenvalue weighted by atomic mass is 10.2. The quantitative estimate of drug-likeness (QED) is 0.348. The molecule has 0 spiro atoms. The molecule has 0 atom stereocenters. The first-order chi connectivity index (χ1) is 6.69. The Morgan fingerprint density at radius 3 is 3.00 bits per heavy atom. The molecule has 0 aliphatic heterocycles. The van der Waals surface area contributed by atoms with Gasteiger partial charge in [-0.3, -0.25) is 4.98 Å². The van der Waals surface area contributed by atoms with Crippen LogP contribution in [0.15, 0.2) is 23.5 Å². The Labute approximate surface area is 85.0 Å². The number of esters is 1. The molecule has 0 aliphatic rings. The molecule has 5 nitrogen and oxygen atoms in total. The van der Waals surface area contributed by atoms with Crippen LogP contribution in [0.4, 0.5) is 0 Å². The summed E-state index contributed by atoms with van der Waals surface area (Å²) in [6, 6.07) is 2.84. The molecule has 0 amide bonds. The predicted octanol–water partition coefficient (Wildman–Crippen LogP) is 1.24. The Hall–Kier alpha value is -1.62. The van der Waals surface area contributed by atoms with E-state index in [-0.39, 0.29) is 10.9 Å². The van der Waals surface area contributed by atoms with Crippen molar-refractivity contribution in [2.75, 3.05) is 7.11 Å². The van der Waals surface area contributed by atoms with E-state index >= 15 is 0 Å². The number of aromatic nitrogens is 1. The van der Waals surface area contributed by atoms with E-state index in [1.54, 1.807) is 0 Å². The minimum atomic E-state index is -0.504. The van der Waals surface area contributed by atoms with Gasteiger partial charge in [-0.05, 0) is 12.1 Å². The molecule has 6 heteroatoms. The van der Waals surface area contributed by atoms with Crippen LogP contribution in [-0.2, 0) is 4.74 Å². The summed E-state index contributed by atoms with van der Waals surface area (Å²) in [6.07, 6.45) is 1.37. The average Bonchev–Trinajstić information content (AvgIpc) is 2.27. The third kappa shape index (κ3) is 2.20. The van der Waals surface area contributed by atoms with Crippen LogP contribution >= 0.6 is 11.6 Å². The van der Waals surface area contributed by atoms with Crippen LogP contribution in [0.5, 0.6) is 0 Å². The topological polar surface area (TPSA) is 71.8 Å². The molecule has 0 aromatic carbocycles. The lowest BCUT2D eigenvalue weighted by Crippen LogP contribution is -2.04. The zero-order valence-electron chi connectivity index (χ0n) is 7.27. The number of oxime groups is 1. The summed E-state index contributed by atoms with van der Waals surface area (Å²) in [4.78, 5) is 14.9. The van der Waals surface area contributed by atoms with Gasteiger partial charge in [-0.1, -0.05) is 16.8 Å². The van der Waals surface area contributed by atoms with Crippen molar-refractivity contribution in [1.29, 1.82) is 0 Å². The van der Waals surface area contributed by atoms with Gasteiger partial charge in [0.2, 0.25) is 0 Å². The summed E-state index contributed by atoms with van der Waals surface area (Å²) in [5.41, 5.74) is 0.497. The van der Waals surface area contributed by atoms with Crippen molar-refractivity contribution in [3.8, 4) is 0 Å². The van der Waals surface area contributed by atoms with E-state index in [9.17, 15) is 4.79 Å². The normalized spacial score (nSPS) is 11.1. The molecule has 0 fully saturated rings. The second-order valence-electron chi connectivity index (χ2n) is 2.31. The number of pyridine rings is 1. The Balaban J connectivity index is 3.07. The van der Waals surface area contributed by atoms with Crippen LogP contribution in [0.25, 0.3) is 0 Å².